The molecule has 7 nitrogen and oxygen atoms in total. The van der Waals surface area contributed by atoms with E-state index in [0.717, 1.165) is 5.82 Å². The van der Waals surface area contributed by atoms with Crippen LogP contribution in [0.3, 0.4) is 0 Å². The van der Waals surface area contributed by atoms with Crippen LogP contribution in [0.15, 0.2) is 23.9 Å². The molecule has 0 spiro atoms. The molecule has 2 aromatic rings. The number of aryl methyl sites for hydroxylation is 1. The van der Waals surface area contributed by atoms with Crippen molar-refractivity contribution < 1.29 is 9.90 Å². The minimum atomic E-state index is -0.858. The molecule has 0 aliphatic heterocycles. The first-order valence-corrected chi connectivity index (χ1v) is 5.84. The molecule has 0 unspecified atom stereocenters. The molecular weight excluding hydrogens is 242 g/mol. The van der Waals surface area contributed by atoms with E-state index in [-0.39, 0.29) is 5.75 Å². The van der Waals surface area contributed by atoms with Crippen LogP contribution >= 0.6 is 11.8 Å². The number of carboxylic acids is 1. The Bertz CT molecular complexity index is 521. The van der Waals surface area contributed by atoms with Crippen molar-refractivity contribution in [2.45, 2.75) is 11.7 Å². The van der Waals surface area contributed by atoms with E-state index in [0.29, 0.717) is 11.7 Å². The van der Waals surface area contributed by atoms with Gasteiger partial charge in [0, 0.05) is 19.4 Å². The van der Waals surface area contributed by atoms with E-state index in [4.69, 9.17) is 5.11 Å². The Morgan fingerprint density at radius 3 is 3.06 bits per heavy atom. The standard InChI is InChI=1S/C9H11N5O2S/c1-13-6-11-12-7(13)4-14-3-2-10-9(14)17-5-8(15)16/h2-3,6H,4-5H2,1H3,(H,15,16). The molecule has 0 saturated carbocycles. The lowest BCUT2D eigenvalue weighted by molar-refractivity contribution is -0.133. The Morgan fingerprint density at radius 2 is 2.41 bits per heavy atom. The van der Waals surface area contributed by atoms with Gasteiger partial charge in [-0.1, -0.05) is 11.8 Å². The zero-order valence-corrected chi connectivity index (χ0v) is 9.96. The summed E-state index contributed by atoms with van der Waals surface area (Å²) >= 11 is 1.18. The highest BCUT2D eigenvalue weighted by Gasteiger charge is 2.09. The molecule has 0 aromatic carbocycles. The Kier molecular flexibility index (Phi) is 3.43. The van der Waals surface area contributed by atoms with E-state index in [1.54, 1.807) is 18.7 Å². The van der Waals surface area contributed by atoms with E-state index in [9.17, 15) is 4.79 Å². The van der Waals surface area contributed by atoms with Gasteiger partial charge in [-0.05, 0) is 0 Å². The summed E-state index contributed by atoms with van der Waals surface area (Å²) in [5.41, 5.74) is 0. The number of carboxylic acid groups (broad SMARTS) is 1. The van der Waals surface area contributed by atoms with Gasteiger partial charge in [-0.2, -0.15) is 0 Å². The topological polar surface area (TPSA) is 85.8 Å². The molecule has 0 aliphatic rings. The quantitative estimate of drug-likeness (QED) is 0.768. The second-order valence-corrected chi connectivity index (χ2v) is 4.32. The highest BCUT2D eigenvalue weighted by atomic mass is 32.2. The van der Waals surface area contributed by atoms with Crippen molar-refractivity contribution in [3.05, 3.63) is 24.5 Å². The predicted molar refractivity (Wildman–Crippen MR) is 60.7 cm³/mol. The third-order valence-electron chi connectivity index (χ3n) is 2.12. The molecule has 0 bridgehead atoms. The zero-order valence-electron chi connectivity index (χ0n) is 9.15. The first kappa shape index (κ1) is 11.6. The molecule has 2 aromatic heterocycles. The summed E-state index contributed by atoms with van der Waals surface area (Å²) < 4.78 is 3.66. The van der Waals surface area contributed by atoms with Gasteiger partial charge < -0.3 is 14.2 Å². The van der Waals surface area contributed by atoms with Gasteiger partial charge in [0.05, 0.1) is 12.3 Å². The number of nitrogens with zero attached hydrogens (tertiary/aromatic N) is 5. The first-order valence-electron chi connectivity index (χ1n) is 4.85. The second kappa shape index (κ2) is 5.00. The second-order valence-electron chi connectivity index (χ2n) is 3.38. The predicted octanol–water partition coefficient (Wildman–Crippen LogP) is 0.237. The van der Waals surface area contributed by atoms with Gasteiger partial charge in [-0.25, -0.2) is 4.98 Å². The van der Waals surface area contributed by atoms with Crippen molar-refractivity contribution in [3.63, 3.8) is 0 Å². The lowest BCUT2D eigenvalue weighted by atomic mass is 10.6. The van der Waals surface area contributed by atoms with Gasteiger partial charge >= 0.3 is 5.97 Å². The summed E-state index contributed by atoms with van der Waals surface area (Å²) in [7, 11) is 1.86. The third kappa shape index (κ3) is 2.84. The van der Waals surface area contributed by atoms with Crippen LogP contribution in [-0.2, 0) is 18.4 Å². The molecule has 0 radical (unpaired) electrons. The summed E-state index contributed by atoms with van der Waals surface area (Å²) in [6, 6.07) is 0. The van der Waals surface area contributed by atoms with Crippen molar-refractivity contribution in [1.29, 1.82) is 0 Å². The Balaban J connectivity index is 2.09. The molecule has 0 saturated heterocycles. The number of hydrogen-bond acceptors (Lipinski definition) is 5. The Hall–Kier alpha value is -1.83. The van der Waals surface area contributed by atoms with E-state index in [1.165, 1.54) is 11.8 Å². The number of hydrogen-bond donors (Lipinski definition) is 1. The number of carbonyl (C=O) groups is 1. The van der Waals surface area contributed by atoms with Gasteiger partial charge in [-0.3, -0.25) is 4.79 Å². The van der Waals surface area contributed by atoms with Crippen LogP contribution in [0.2, 0.25) is 0 Å². The molecular formula is C9H11N5O2S. The fraction of sp³-hybridized carbons (Fsp3) is 0.333. The van der Waals surface area contributed by atoms with Crippen molar-refractivity contribution in [3.8, 4) is 0 Å². The molecule has 17 heavy (non-hydrogen) atoms. The number of rotatable bonds is 5. The average molecular weight is 253 g/mol. The summed E-state index contributed by atoms with van der Waals surface area (Å²) in [5, 5.41) is 17.0. The minimum Gasteiger partial charge on any atom is -0.481 e. The monoisotopic (exact) mass is 253 g/mol. The molecule has 0 atom stereocenters. The number of thioether (sulfide) groups is 1. The maximum atomic E-state index is 10.5. The van der Waals surface area contributed by atoms with Gasteiger partial charge in [0.25, 0.3) is 0 Å². The SMILES string of the molecule is Cn1cnnc1Cn1ccnc1SCC(=O)O. The fourth-order valence-corrected chi connectivity index (χ4v) is 1.96. The van der Waals surface area contributed by atoms with Gasteiger partial charge in [0.1, 0.15) is 6.33 Å². The normalized spacial score (nSPS) is 10.6. The van der Waals surface area contributed by atoms with E-state index >= 15 is 0 Å². The van der Waals surface area contributed by atoms with Gasteiger partial charge in [0.2, 0.25) is 0 Å². The number of aromatic nitrogens is 5. The molecule has 1 N–H and O–H groups in total. The number of aliphatic carboxylic acids is 1. The summed E-state index contributed by atoms with van der Waals surface area (Å²) in [4.78, 5) is 14.6. The van der Waals surface area contributed by atoms with Crippen molar-refractivity contribution >= 4 is 17.7 Å². The van der Waals surface area contributed by atoms with Crippen LogP contribution in [0.5, 0.6) is 0 Å². The summed E-state index contributed by atoms with van der Waals surface area (Å²) in [6.45, 7) is 0.526. The van der Waals surface area contributed by atoms with Gasteiger partial charge in [0.15, 0.2) is 11.0 Å². The van der Waals surface area contributed by atoms with Gasteiger partial charge in [-0.15, -0.1) is 10.2 Å². The molecule has 0 amide bonds. The smallest absolute Gasteiger partial charge is 0.313 e. The highest BCUT2D eigenvalue weighted by molar-refractivity contribution is 7.99. The molecule has 0 aliphatic carbocycles. The van der Waals surface area contributed by atoms with Crippen molar-refractivity contribution in [1.82, 2.24) is 24.3 Å². The summed E-state index contributed by atoms with van der Waals surface area (Å²) in [6.07, 6.45) is 5.05. The summed E-state index contributed by atoms with van der Waals surface area (Å²) in [5.74, 6) is -0.0704. The molecule has 2 heterocycles. The van der Waals surface area contributed by atoms with E-state index in [1.807, 2.05) is 16.2 Å². The molecule has 8 heteroatoms. The van der Waals surface area contributed by atoms with Crippen LogP contribution in [0.1, 0.15) is 5.82 Å². The van der Waals surface area contributed by atoms with Crippen molar-refractivity contribution in [2.24, 2.45) is 7.05 Å². The van der Waals surface area contributed by atoms with E-state index in [2.05, 4.69) is 15.2 Å². The maximum Gasteiger partial charge on any atom is 0.313 e. The van der Waals surface area contributed by atoms with E-state index < -0.39 is 5.97 Å². The van der Waals surface area contributed by atoms with Crippen LogP contribution in [-0.4, -0.2) is 41.1 Å². The van der Waals surface area contributed by atoms with Crippen LogP contribution in [0.4, 0.5) is 0 Å². The highest BCUT2D eigenvalue weighted by Crippen LogP contribution is 2.16. The first-order chi connectivity index (χ1) is 8.16. The molecule has 2 rings (SSSR count). The number of imidazole rings is 1. The minimum absolute atomic E-state index is 0.00414. The Morgan fingerprint density at radius 1 is 1.59 bits per heavy atom. The maximum absolute atomic E-state index is 10.5. The van der Waals surface area contributed by atoms with Crippen molar-refractivity contribution in [2.75, 3.05) is 5.75 Å². The fourth-order valence-electron chi connectivity index (χ4n) is 1.28. The molecule has 90 valence electrons. The van der Waals surface area contributed by atoms with Crippen LogP contribution in [0, 0.1) is 0 Å². The largest absolute Gasteiger partial charge is 0.481 e. The Labute approximate surface area is 101 Å². The van der Waals surface area contributed by atoms with Crippen LogP contribution < -0.4 is 0 Å². The average Bonchev–Trinajstić information content (AvgIpc) is 2.87. The van der Waals surface area contributed by atoms with Crippen LogP contribution in [0.25, 0.3) is 0 Å². The lowest BCUT2D eigenvalue weighted by Crippen LogP contribution is -2.07. The third-order valence-corrected chi connectivity index (χ3v) is 3.11. The zero-order chi connectivity index (χ0) is 12.3. The molecule has 0 fully saturated rings. The lowest BCUT2D eigenvalue weighted by Gasteiger charge is -2.05.